The molecule has 0 radical (unpaired) electrons. The first-order valence-electron chi connectivity index (χ1n) is 16.0. The molecule has 16 heteroatoms. The summed E-state index contributed by atoms with van der Waals surface area (Å²) in [6.07, 6.45) is 2.99. The molecule has 0 unspecified atom stereocenters. The topological polar surface area (TPSA) is 126 Å². The first-order chi connectivity index (χ1) is 25.9. The second kappa shape index (κ2) is 15.6. The first-order valence-corrected chi connectivity index (χ1v) is 22.2. The van der Waals surface area contributed by atoms with Gasteiger partial charge in [0.1, 0.15) is 16.9 Å². The van der Waals surface area contributed by atoms with Crippen molar-refractivity contribution in [2.45, 2.75) is 9.10 Å². The number of benzene rings is 4. The molecule has 4 aromatic heterocycles. The van der Waals surface area contributed by atoms with Crippen LogP contribution in [0.4, 0.5) is 11.4 Å². The number of rotatable bonds is 8. The number of anilines is 2. The van der Waals surface area contributed by atoms with Crippen LogP contribution in [-0.2, 0) is 20.0 Å². The summed E-state index contributed by atoms with van der Waals surface area (Å²) in [6.45, 7) is 0. The molecule has 272 valence electrons. The fourth-order valence-corrected chi connectivity index (χ4v) is 11.3. The summed E-state index contributed by atoms with van der Waals surface area (Å²) in [6, 6.07) is 34.6. The standard InChI is InChI=1S/2C19H14BrN3O2S2/c1-23(14-5-3-2-4-6-14)27(24,25)15-10-18(26-11-15)19-16-9-13(20)7-8-17(16)21-12-22-19;1-23(14-5-3-2-4-6-14)27(24,25)18-10-9-17(26-18)19-15-11-13(20)7-8-16(15)21-12-22-19/h2*2-12H,1H3. The number of para-hydroxylation sites is 2. The Morgan fingerprint density at radius 3 is 1.59 bits per heavy atom. The number of thiophene rings is 2. The van der Waals surface area contributed by atoms with Gasteiger partial charge in [0, 0.05) is 39.2 Å². The zero-order valence-electron chi connectivity index (χ0n) is 28.4. The molecule has 4 aromatic carbocycles. The Hall–Kier alpha value is -4.58. The molecule has 0 bridgehead atoms. The van der Waals surface area contributed by atoms with Gasteiger partial charge in [-0.2, -0.15) is 0 Å². The molecule has 0 aliphatic carbocycles. The zero-order valence-corrected chi connectivity index (χ0v) is 34.8. The van der Waals surface area contributed by atoms with Crippen LogP contribution in [0, 0.1) is 0 Å². The monoisotopic (exact) mass is 918 g/mol. The number of sulfonamides is 2. The number of hydrogen-bond donors (Lipinski definition) is 0. The molecule has 0 aliphatic heterocycles. The van der Waals surface area contributed by atoms with Gasteiger partial charge in [0.25, 0.3) is 20.0 Å². The van der Waals surface area contributed by atoms with Crippen LogP contribution in [0.1, 0.15) is 0 Å². The van der Waals surface area contributed by atoms with Crippen LogP contribution in [0.2, 0.25) is 0 Å². The van der Waals surface area contributed by atoms with Gasteiger partial charge in [-0.15, -0.1) is 22.7 Å². The molecule has 0 N–H and O–H groups in total. The van der Waals surface area contributed by atoms with Gasteiger partial charge in [0.2, 0.25) is 0 Å². The number of aromatic nitrogens is 4. The first kappa shape index (κ1) is 37.7. The molecule has 8 rings (SSSR count). The summed E-state index contributed by atoms with van der Waals surface area (Å²) in [7, 11) is -4.18. The van der Waals surface area contributed by atoms with E-state index in [1.54, 1.807) is 61.9 Å². The van der Waals surface area contributed by atoms with E-state index in [1.165, 1.54) is 43.9 Å². The largest absolute Gasteiger partial charge is 0.273 e. The number of hydrogen-bond acceptors (Lipinski definition) is 10. The number of fused-ring (bicyclic) bond motifs is 2. The fraction of sp³-hybridized carbons (Fsp3) is 0.0526. The van der Waals surface area contributed by atoms with E-state index in [0.29, 0.717) is 11.4 Å². The van der Waals surface area contributed by atoms with E-state index in [0.717, 1.165) is 51.9 Å². The molecule has 54 heavy (non-hydrogen) atoms. The van der Waals surface area contributed by atoms with Crippen LogP contribution >= 0.6 is 54.5 Å². The lowest BCUT2D eigenvalue weighted by atomic mass is 10.1. The van der Waals surface area contributed by atoms with Gasteiger partial charge in [0.05, 0.1) is 48.4 Å². The summed E-state index contributed by atoms with van der Waals surface area (Å²) in [5.74, 6) is 0. The van der Waals surface area contributed by atoms with E-state index in [9.17, 15) is 16.8 Å². The molecule has 10 nitrogen and oxygen atoms in total. The minimum atomic E-state index is -3.65. The van der Waals surface area contributed by atoms with Crippen LogP contribution in [0.15, 0.2) is 151 Å². The van der Waals surface area contributed by atoms with Gasteiger partial charge >= 0.3 is 0 Å². The second-order valence-electron chi connectivity index (χ2n) is 11.6. The van der Waals surface area contributed by atoms with Gasteiger partial charge in [0.15, 0.2) is 0 Å². The van der Waals surface area contributed by atoms with E-state index >= 15 is 0 Å². The zero-order chi connectivity index (χ0) is 38.0. The lowest BCUT2D eigenvalue weighted by Gasteiger charge is -2.18. The third-order valence-corrected chi connectivity index (χ3v) is 15.5. The van der Waals surface area contributed by atoms with E-state index in [-0.39, 0.29) is 9.10 Å². The summed E-state index contributed by atoms with van der Waals surface area (Å²) >= 11 is 9.49. The smallest absolute Gasteiger partial charge is 0.269 e. The van der Waals surface area contributed by atoms with E-state index in [1.807, 2.05) is 72.8 Å². The van der Waals surface area contributed by atoms with Gasteiger partial charge in [-0.3, -0.25) is 8.61 Å². The molecular formula is C38H28Br2N6O4S4. The van der Waals surface area contributed by atoms with Crippen LogP contribution in [0.25, 0.3) is 42.9 Å². The maximum atomic E-state index is 13.0. The highest BCUT2D eigenvalue weighted by Gasteiger charge is 2.25. The van der Waals surface area contributed by atoms with E-state index in [2.05, 4.69) is 51.8 Å². The van der Waals surface area contributed by atoms with Crippen molar-refractivity contribution in [1.29, 1.82) is 0 Å². The van der Waals surface area contributed by atoms with Crippen molar-refractivity contribution in [3.8, 4) is 21.1 Å². The summed E-state index contributed by atoms with van der Waals surface area (Å²) in [5.41, 5.74) is 4.28. The van der Waals surface area contributed by atoms with Crippen molar-refractivity contribution in [2.24, 2.45) is 0 Å². The third-order valence-electron chi connectivity index (χ3n) is 8.33. The van der Waals surface area contributed by atoms with Gasteiger partial charge in [-0.1, -0.05) is 68.3 Å². The normalized spacial score (nSPS) is 11.6. The Kier molecular flexibility index (Phi) is 10.9. The molecule has 0 saturated carbocycles. The Morgan fingerprint density at radius 1 is 0.556 bits per heavy atom. The molecule has 0 fully saturated rings. The van der Waals surface area contributed by atoms with Crippen molar-refractivity contribution >= 4 is 108 Å². The Morgan fingerprint density at radius 2 is 1.06 bits per heavy atom. The molecule has 0 saturated heterocycles. The Labute approximate surface area is 337 Å². The minimum absolute atomic E-state index is 0.246. The summed E-state index contributed by atoms with van der Waals surface area (Å²) < 4.78 is 56.6. The highest BCUT2D eigenvalue weighted by atomic mass is 79.9. The molecule has 0 amide bonds. The highest BCUT2D eigenvalue weighted by Crippen LogP contribution is 2.37. The maximum Gasteiger partial charge on any atom is 0.273 e. The van der Waals surface area contributed by atoms with E-state index in [4.69, 9.17) is 0 Å². The highest BCUT2D eigenvalue weighted by molar-refractivity contribution is 9.10. The van der Waals surface area contributed by atoms with Crippen molar-refractivity contribution in [2.75, 3.05) is 22.7 Å². The molecule has 0 aliphatic rings. The van der Waals surface area contributed by atoms with Crippen molar-refractivity contribution in [3.05, 3.63) is 142 Å². The average Bonchev–Trinajstić information content (AvgIpc) is 3.90. The lowest BCUT2D eigenvalue weighted by molar-refractivity contribution is 0.593. The molecule has 0 atom stereocenters. The summed E-state index contributed by atoms with van der Waals surface area (Å²) in [4.78, 5) is 19.1. The van der Waals surface area contributed by atoms with Gasteiger partial charge in [-0.05, 0) is 78.9 Å². The van der Waals surface area contributed by atoms with Gasteiger partial charge < -0.3 is 0 Å². The second-order valence-corrected chi connectivity index (χ2v) is 19.6. The Bertz CT molecular complexity index is 2640. The molecular weight excluding hydrogens is 893 g/mol. The predicted molar refractivity (Wildman–Crippen MR) is 225 cm³/mol. The van der Waals surface area contributed by atoms with Gasteiger partial charge in [-0.25, -0.2) is 36.8 Å². The predicted octanol–water partition coefficient (Wildman–Crippen LogP) is 9.89. The molecule has 4 heterocycles. The minimum Gasteiger partial charge on any atom is -0.269 e. The number of halogens is 2. The van der Waals surface area contributed by atoms with Crippen LogP contribution < -0.4 is 8.61 Å². The summed E-state index contributed by atoms with van der Waals surface area (Å²) in [5, 5.41) is 3.39. The van der Waals surface area contributed by atoms with Crippen molar-refractivity contribution in [1.82, 2.24) is 19.9 Å². The SMILES string of the molecule is CN(c1ccccc1)S(=O)(=O)c1ccc(-c2ncnc3ccc(Br)cc23)s1.CN(c1ccccc1)S(=O)(=O)c1csc(-c2ncnc3ccc(Br)cc23)c1. The Balaban J connectivity index is 0.000000167. The maximum absolute atomic E-state index is 13.0. The molecule has 0 spiro atoms. The average molecular weight is 921 g/mol. The molecule has 8 aromatic rings. The van der Waals surface area contributed by atoms with Crippen LogP contribution in [0.3, 0.4) is 0 Å². The van der Waals surface area contributed by atoms with Crippen LogP contribution in [0.5, 0.6) is 0 Å². The van der Waals surface area contributed by atoms with E-state index < -0.39 is 20.0 Å². The van der Waals surface area contributed by atoms with Crippen molar-refractivity contribution < 1.29 is 16.8 Å². The fourth-order valence-electron chi connectivity index (χ4n) is 5.46. The number of nitrogens with zero attached hydrogens (tertiary/aromatic N) is 6. The van der Waals surface area contributed by atoms with Crippen molar-refractivity contribution in [3.63, 3.8) is 0 Å². The quantitative estimate of drug-likeness (QED) is 0.148. The third kappa shape index (κ3) is 7.67. The van der Waals surface area contributed by atoms with Crippen LogP contribution in [-0.4, -0.2) is 50.9 Å². The lowest BCUT2D eigenvalue weighted by Crippen LogP contribution is -2.26.